The molecule has 0 N–H and O–H groups in total. The third-order valence-electron chi connectivity index (χ3n) is 2.32. The van der Waals surface area contributed by atoms with E-state index in [1.807, 2.05) is 11.8 Å². The van der Waals surface area contributed by atoms with Crippen molar-refractivity contribution in [2.24, 2.45) is 0 Å². The highest BCUT2D eigenvalue weighted by atomic mass is 32.2. The predicted octanol–water partition coefficient (Wildman–Crippen LogP) is 4.69. The van der Waals surface area contributed by atoms with Gasteiger partial charge in [0.15, 0.2) is 0 Å². The Balaban J connectivity index is 2.53. The van der Waals surface area contributed by atoms with Gasteiger partial charge in [0, 0.05) is 15.9 Å². The molecule has 0 aliphatic heterocycles. The van der Waals surface area contributed by atoms with Gasteiger partial charge in [-0.25, -0.2) is 4.98 Å². The van der Waals surface area contributed by atoms with Crippen LogP contribution in [0, 0.1) is 0 Å². The van der Waals surface area contributed by atoms with E-state index < -0.39 is 0 Å². The summed E-state index contributed by atoms with van der Waals surface area (Å²) in [5, 5.41) is 3.48. The molecule has 3 heteroatoms. The van der Waals surface area contributed by atoms with Gasteiger partial charge in [0.1, 0.15) is 5.01 Å². The van der Waals surface area contributed by atoms with Crippen molar-refractivity contribution in [1.29, 1.82) is 0 Å². The average Bonchev–Trinajstić information content (AvgIpc) is 2.61. The first-order chi connectivity index (χ1) is 6.92. The molecule has 0 saturated heterocycles. The van der Waals surface area contributed by atoms with Crippen LogP contribution in [0.3, 0.4) is 0 Å². The van der Waals surface area contributed by atoms with Gasteiger partial charge in [-0.3, -0.25) is 0 Å². The number of nitrogens with zero attached hydrogens (tertiary/aromatic N) is 1. The second kappa shape index (κ2) is 5.35. The Bertz CT molecular complexity index is 299. The van der Waals surface area contributed by atoms with Crippen LogP contribution in [-0.2, 0) is 5.75 Å². The van der Waals surface area contributed by atoms with Crippen molar-refractivity contribution in [1.82, 2.24) is 4.98 Å². The molecule has 1 unspecified atom stereocenters. The van der Waals surface area contributed by atoms with Gasteiger partial charge in [-0.2, -0.15) is 0 Å². The molecule has 0 fully saturated rings. The fourth-order valence-electron chi connectivity index (χ4n) is 1.11. The molecule has 86 valence electrons. The molecule has 0 bridgehead atoms. The maximum atomic E-state index is 4.68. The van der Waals surface area contributed by atoms with Crippen LogP contribution < -0.4 is 0 Å². The molecule has 1 aromatic heterocycles. The summed E-state index contributed by atoms with van der Waals surface area (Å²) in [4.78, 5) is 4.68. The van der Waals surface area contributed by atoms with Crippen LogP contribution in [0.2, 0.25) is 0 Å². The zero-order chi connectivity index (χ0) is 11.5. The minimum Gasteiger partial charge on any atom is -0.245 e. The third kappa shape index (κ3) is 4.56. The van der Waals surface area contributed by atoms with Gasteiger partial charge in [0.05, 0.1) is 5.69 Å². The Morgan fingerprint density at radius 1 is 1.47 bits per heavy atom. The molecule has 0 radical (unpaired) electrons. The van der Waals surface area contributed by atoms with Crippen molar-refractivity contribution >= 4 is 23.1 Å². The van der Waals surface area contributed by atoms with Crippen molar-refractivity contribution in [2.75, 3.05) is 0 Å². The summed E-state index contributed by atoms with van der Waals surface area (Å²) in [7, 11) is 0. The topological polar surface area (TPSA) is 12.9 Å². The van der Waals surface area contributed by atoms with Gasteiger partial charge < -0.3 is 0 Å². The fraction of sp³-hybridized carbons (Fsp3) is 0.750. The molecule has 1 atom stereocenters. The minimum absolute atomic E-state index is 0.336. The number of hydrogen-bond acceptors (Lipinski definition) is 3. The van der Waals surface area contributed by atoms with Crippen molar-refractivity contribution in [3.63, 3.8) is 0 Å². The lowest BCUT2D eigenvalue weighted by Crippen LogP contribution is -2.07. The number of hydrogen-bond donors (Lipinski definition) is 0. The van der Waals surface area contributed by atoms with Crippen molar-refractivity contribution < 1.29 is 0 Å². The van der Waals surface area contributed by atoms with Gasteiger partial charge in [0.25, 0.3) is 0 Å². The first-order valence-electron chi connectivity index (χ1n) is 5.50. The molecule has 1 aromatic rings. The normalized spacial score (nSPS) is 14.2. The van der Waals surface area contributed by atoms with Crippen LogP contribution in [-0.4, -0.2) is 9.73 Å². The minimum atomic E-state index is 0.336. The fourth-order valence-corrected chi connectivity index (χ4v) is 2.88. The van der Waals surface area contributed by atoms with Crippen molar-refractivity contribution in [3.8, 4) is 0 Å². The highest BCUT2D eigenvalue weighted by Gasteiger charge is 2.13. The molecule has 1 nitrogen and oxygen atoms in total. The van der Waals surface area contributed by atoms with Crippen LogP contribution >= 0.6 is 23.1 Å². The van der Waals surface area contributed by atoms with Crippen LogP contribution in [0.4, 0.5) is 0 Å². The largest absolute Gasteiger partial charge is 0.245 e. The lowest BCUT2D eigenvalue weighted by molar-refractivity contribution is 0.711. The Labute approximate surface area is 102 Å². The molecule has 0 aliphatic rings. The molecular weight excluding hydrogens is 222 g/mol. The highest BCUT2D eigenvalue weighted by molar-refractivity contribution is 7.99. The van der Waals surface area contributed by atoms with Crippen molar-refractivity contribution in [2.45, 2.75) is 57.5 Å². The summed E-state index contributed by atoms with van der Waals surface area (Å²) in [6, 6.07) is 0. The summed E-state index contributed by atoms with van der Waals surface area (Å²) in [6.07, 6.45) is 1.18. The molecule has 0 saturated carbocycles. The number of thiazole rings is 1. The van der Waals surface area contributed by atoms with Crippen molar-refractivity contribution in [3.05, 3.63) is 16.1 Å². The van der Waals surface area contributed by atoms with Crippen LogP contribution in [0.15, 0.2) is 5.38 Å². The van der Waals surface area contributed by atoms with E-state index in [2.05, 4.69) is 45.0 Å². The summed E-state index contributed by atoms with van der Waals surface area (Å²) in [5.74, 6) is 1.65. The Morgan fingerprint density at radius 2 is 2.13 bits per heavy atom. The second-order valence-corrected chi connectivity index (χ2v) is 7.62. The lowest BCUT2D eigenvalue weighted by atomic mass is 10.1. The van der Waals surface area contributed by atoms with Gasteiger partial charge in [-0.05, 0) is 12.3 Å². The lowest BCUT2D eigenvalue weighted by Gasteiger charge is -2.16. The van der Waals surface area contributed by atoms with E-state index in [-0.39, 0.29) is 0 Å². The van der Waals surface area contributed by atoms with E-state index in [0.717, 1.165) is 5.75 Å². The molecule has 0 aliphatic carbocycles. The molecule has 15 heavy (non-hydrogen) atoms. The maximum Gasteiger partial charge on any atom is 0.103 e. The summed E-state index contributed by atoms with van der Waals surface area (Å²) < 4.78 is 0.336. The second-order valence-electron chi connectivity index (χ2n) is 4.88. The molecule has 1 heterocycles. The maximum absolute atomic E-state index is 4.68. The monoisotopic (exact) mass is 243 g/mol. The van der Waals surface area contributed by atoms with E-state index in [0.29, 0.717) is 10.7 Å². The average molecular weight is 243 g/mol. The smallest absolute Gasteiger partial charge is 0.103 e. The summed E-state index contributed by atoms with van der Waals surface area (Å²) >= 11 is 3.77. The highest BCUT2D eigenvalue weighted by Crippen LogP contribution is 2.29. The summed E-state index contributed by atoms with van der Waals surface area (Å²) in [5.41, 5.74) is 1.27. The van der Waals surface area contributed by atoms with Crippen LogP contribution in [0.5, 0.6) is 0 Å². The van der Waals surface area contributed by atoms with Gasteiger partial charge >= 0.3 is 0 Å². The van der Waals surface area contributed by atoms with Crippen LogP contribution in [0.25, 0.3) is 0 Å². The SMILES string of the molecule is CCC(C)c1csc(CSC(C)(C)C)n1. The molecule has 0 amide bonds. The Hall–Kier alpha value is -0.0200. The van der Waals surface area contributed by atoms with E-state index in [4.69, 9.17) is 0 Å². The molecule has 0 aromatic carbocycles. The standard InChI is InChI=1S/C12H21NS2/c1-6-9(2)10-7-14-11(13-10)8-15-12(3,4)5/h7,9H,6,8H2,1-5H3. The Morgan fingerprint density at radius 3 is 2.67 bits per heavy atom. The molecular formula is C12H21NS2. The first-order valence-corrected chi connectivity index (χ1v) is 7.37. The van der Waals surface area contributed by atoms with E-state index in [1.54, 1.807) is 11.3 Å². The van der Waals surface area contributed by atoms with Gasteiger partial charge in [-0.15, -0.1) is 23.1 Å². The van der Waals surface area contributed by atoms with Crippen LogP contribution in [0.1, 0.15) is 57.7 Å². The predicted molar refractivity (Wildman–Crippen MR) is 71.9 cm³/mol. The number of rotatable bonds is 4. The van der Waals surface area contributed by atoms with Gasteiger partial charge in [-0.1, -0.05) is 34.6 Å². The molecule has 0 spiro atoms. The molecule has 1 rings (SSSR count). The quantitative estimate of drug-likeness (QED) is 0.761. The number of thioether (sulfide) groups is 1. The third-order valence-corrected chi connectivity index (χ3v) is 4.65. The van der Waals surface area contributed by atoms with E-state index >= 15 is 0 Å². The zero-order valence-electron chi connectivity index (χ0n) is 10.3. The van der Waals surface area contributed by atoms with E-state index in [1.165, 1.54) is 17.1 Å². The van der Waals surface area contributed by atoms with Gasteiger partial charge in [0.2, 0.25) is 0 Å². The zero-order valence-corrected chi connectivity index (χ0v) is 12.0. The summed E-state index contributed by atoms with van der Waals surface area (Å²) in [6.45, 7) is 11.2. The number of aromatic nitrogens is 1. The Kier molecular flexibility index (Phi) is 4.65. The first kappa shape index (κ1) is 13.0. The van der Waals surface area contributed by atoms with E-state index in [9.17, 15) is 0 Å².